The summed E-state index contributed by atoms with van der Waals surface area (Å²) in [5.41, 5.74) is 0.581. The van der Waals surface area contributed by atoms with Crippen molar-refractivity contribution in [2.75, 3.05) is 13.7 Å². The average molecular weight is 313 g/mol. The van der Waals surface area contributed by atoms with Gasteiger partial charge in [0.15, 0.2) is 0 Å². The van der Waals surface area contributed by atoms with Crippen molar-refractivity contribution in [2.45, 2.75) is 13.3 Å². The minimum atomic E-state index is -0.568. The molecule has 0 radical (unpaired) electrons. The number of ether oxygens (including phenoxy) is 2. The molecule has 0 fully saturated rings. The van der Waals surface area contributed by atoms with Crippen LogP contribution in [0.15, 0.2) is 35.5 Å². The molecule has 6 nitrogen and oxygen atoms in total. The van der Waals surface area contributed by atoms with Crippen molar-refractivity contribution in [2.24, 2.45) is 5.16 Å². The van der Waals surface area contributed by atoms with Crippen LogP contribution >= 0.6 is 0 Å². The predicted octanol–water partition coefficient (Wildman–Crippen LogP) is 2.73. The van der Waals surface area contributed by atoms with Crippen molar-refractivity contribution in [3.63, 3.8) is 0 Å². The van der Waals surface area contributed by atoms with Crippen molar-refractivity contribution in [1.29, 1.82) is 0 Å². The number of methoxy groups -OCH3 is 1. The molecule has 0 amide bonds. The molecule has 0 spiro atoms. The second-order valence-corrected chi connectivity index (χ2v) is 5.08. The zero-order valence-corrected chi connectivity index (χ0v) is 12.8. The van der Waals surface area contributed by atoms with Crippen LogP contribution in [0.4, 0.5) is 0 Å². The fourth-order valence-corrected chi connectivity index (χ4v) is 2.47. The van der Waals surface area contributed by atoms with Gasteiger partial charge in [0.25, 0.3) is 0 Å². The molecule has 2 aromatic rings. The molecule has 2 aromatic carbocycles. The second kappa shape index (κ2) is 6.08. The summed E-state index contributed by atoms with van der Waals surface area (Å²) in [6.07, 6.45) is 0.276. The quantitative estimate of drug-likeness (QED) is 0.629. The normalized spacial score (nSPS) is 15.7. The van der Waals surface area contributed by atoms with Crippen molar-refractivity contribution in [1.82, 2.24) is 0 Å². The molecule has 0 unspecified atom stereocenters. The second-order valence-electron chi connectivity index (χ2n) is 5.08. The molecule has 1 aliphatic heterocycles. The summed E-state index contributed by atoms with van der Waals surface area (Å²) >= 11 is 0. The fourth-order valence-electron chi connectivity index (χ4n) is 2.47. The Bertz CT molecular complexity index is 825. The van der Waals surface area contributed by atoms with Crippen LogP contribution in [0.3, 0.4) is 0 Å². The third kappa shape index (κ3) is 2.88. The van der Waals surface area contributed by atoms with Crippen LogP contribution in [0.2, 0.25) is 0 Å². The number of hydrogen-bond acceptors (Lipinski definition) is 6. The van der Waals surface area contributed by atoms with Gasteiger partial charge in [-0.25, -0.2) is 4.79 Å². The van der Waals surface area contributed by atoms with Gasteiger partial charge < -0.3 is 14.3 Å². The highest BCUT2D eigenvalue weighted by molar-refractivity contribution is 6.47. The van der Waals surface area contributed by atoms with Gasteiger partial charge in [-0.15, -0.1) is 0 Å². The summed E-state index contributed by atoms with van der Waals surface area (Å²) in [7, 11) is 1.60. The van der Waals surface area contributed by atoms with Crippen molar-refractivity contribution in [3.8, 4) is 11.5 Å². The summed E-state index contributed by atoms with van der Waals surface area (Å²) in [5.74, 6) is 0.385. The Hall–Kier alpha value is -2.89. The first-order valence-corrected chi connectivity index (χ1v) is 7.13. The van der Waals surface area contributed by atoms with Gasteiger partial charge >= 0.3 is 5.97 Å². The highest BCUT2D eigenvalue weighted by Gasteiger charge is 2.25. The number of rotatable bonds is 2. The molecule has 1 aliphatic rings. The van der Waals surface area contributed by atoms with Crippen LogP contribution < -0.4 is 9.47 Å². The summed E-state index contributed by atoms with van der Waals surface area (Å²) in [4.78, 5) is 28.1. The number of benzene rings is 2. The number of nitrogens with zero attached hydrogens (tertiary/aromatic N) is 1. The molecule has 0 bridgehead atoms. The summed E-state index contributed by atoms with van der Waals surface area (Å²) in [5, 5.41) is 5.39. The molecule has 118 valence electrons. The van der Waals surface area contributed by atoms with Gasteiger partial charge in [0, 0.05) is 18.7 Å². The van der Waals surface area contributed by atoms with Gasteiger partial charge in [0.1, 0.15) is 17.2 Å². The van der Waals surface area contributed by atoms with Crippen molar-refractivity contribution in [3.05, 3.63) is 35.9 Å². The van der Waals surface area contributed by atoms with Gasteiger partial charge in [-0.2, -0.15) is 0 Å². The molecule has 0 saturated carbocycles. The Labute approximate surface area is 132 Å². The van der Waals surface area contributed by atoms with E-state index >= 15 is 0 Å². The minimum absolute atomic E-state index is 0.173. The van der Waals surface area contributed by atoms with E-state index in [9.17, 15) is 9.59 Å². The Balaban J connectivity index is 2.08. The van der Waals surface area contributed by atoms with E-state index in [1.807, 2.05) is 24.3 Å². The number of Topliss-reactive ketones (excluding diaryl/α,β-unsaturated/α-hetero) is 1. The first-order chi connectivity index (χ1) is 11.1. The largest absolute Gasteiger partial charge is 0.497 e. The maximum atomic E-state index is 12.6. The highest BCUT2D eigenvalue weighted by Crippen LogP contribution is 2.34. The van der Waals surface area contributed by atoms with Crippen LogP contribution in [0.25, 0.3) is 10.8 Å². The molecular weight excluding hydrogens is 298 g/mol. The molecule has 0 saturated heterocycles. The zero-order chi connectivity index (χ0) is 16.4. The number of hydrogen-bond donors (Lipinski definition) is 0. The Morgan fingerprint density at radius 2 is 2.09 bits per heavy atom. The van der Waals surface area contributed by atoms with Crippen LogP contribution in [0.1, 0.15) is 23.7 Å². The average Bonchev–Trinajstić information content (AvgIpc) is 2.71. The van der Waals surface area contributed by atoms with Crippen LogP contribution in [-0.2, 0) is 9.63 Å². The monoisotopic (exact) mass is 313 g/mol. The summed E-state index contributed by atoms with van der Waals surface area (Å²) < 4.78 is 11.0. The molecule has 6 heteroatoms. The maximum Gasteiger partial charge on any atom is 0.331 e. The molecule has 0 N–H and O–H groups in total. The van der Waals surface area contributed by atoms with Gasteiger partial charge in [-0.1, -0.05) is 11.2 Å². The lowest BCUT2D eigenvalue weighted by Crippen LogP contribution is -2.15. The van der Waals surface area contributed by atoms with E-state index in [1.165, 1.54) is 6.92 Å². The SMILES string of the molecule is COc1ccc2c3c(ccc2c1)C(=O)/C(=N/OC(C)=O)CCO3. The van der Waals surface area contributed by atoms with Gasteiger partial charge in [-0.3, -0.25) is 4.79 Å². The first-order valence-electron chi connectivity index (χ1n) is 7.13. The Morgan fingerprint density at radius 1 is 1.26 bits per heavy atom. The Morgan fingerprint density at radius 3 is 2.83 bits per heavy atom. The standard InChI is InChI=1S/C17H15NO5/c1-10(19)23-18-15-7-8-22-17-13-6-4-12(21-2)9-11(13)3-5-14(17)16(15)20/h3-6,9H,7-8H2,1-2H3/b18-15+. The molecule has 0 atom stereocenters. The maximum absolute atomic E-state index is 12.6. The predicted molar refractivity (Wildman–Crippen MR) is 84.1 cm³/mol. The van der Waals surface area contributed by atoms with E-state index in [4.69, 9.17) is 9.47 Å². The molecule has 3 rings (SSSR count). The lowest BCUT2D eigenvalue weighted by atomic mass is 10.00. The highest BCUT2D eigenvalue weighted by atomic mass is 16.7. The number of ketones is 1. The van der Waals surface area contributed by atoms with Crippen molar-refractivity contribution < 1.29 is 23.9 Å². The third-order valence-corrected chi connectivity index (χ3v) is 3.55. The smallest absolute Gasteiger partial charge is 0.331 e. The van der Waals surface area contributed by atoms with E-state index in [-0.39, 0.29) is 24.5 Å². The van der Waals surface area contributed by atoms with E-state index in [0.717, 1.165) is 16.5 Å². The van der Waals surface area contributed by atoms with Gasteiger partial charge in [-0.05, 0) is 29.7 Å². The van der Waals surface area contributed by atoms with Crippen LogP contribution in [0.5, 0.6) is 11.5 Å². The van der Waals surface area contributed by atoms with Gasteiger partial charge in [0.2, 0.25) is 5.78 Å². The Kier molecular flexibility index (Phi) is 3.97. The van der Waals surface area contributed by atoms with Crippen LogP contribution in [0, 0.1) is 0 Å². The summed E-state index contributed by atoms with van der Waals surface area (Å²) in [6.45, 7) is 1.51. The van der Waals surface area contributed by atoms with Gasteiger partial charge in [0.05, 0.1) is 19.3 Å². The first kappa shape index (κ1) is 15.0. The number of fused-ring (bicyclic) bond motifs is 3. The van der Waals surface area contributed by atoms with Crippen molar-refractivity contribution >= 4 is 28.2 Å². The van der Waals surface area contributed by atoms with Crippen LogP contribution in [-0.4, -0.2) is 31.2 Å². The number of carbonyl (C=O) groups excluding carboxylic acids is 2. The topological polar surface area (TPSA) is 74.2 Å². The van der Waals surface area contributed by atoms with E-state index in [0.29, 0.717) is 11.3 Å². The van der Waals surface area contributed by atoms with E-state index in [1.54, 1.807) is 13.2 Å². The van der Waals surface area contributed by atoms with E-state index in [2.05, 4.69) is 9.99 Å². The number of carbonyl (C=O) groups is 2. The molecule has 0 aromatic heterocycles. The zero-order valence-electron chi connectivity index (χ0n) is 12.8. The minimum Gasteiger partial charge on any atom is -0.497 e. The molecule has 23 heavy (non-hydrogen) atoms. The fraction of sp³-hybridized carbons (Fsp3) is 0.235. The summed E-state index contributed by atoms with van der Waals surface area (Å²) in [6, 6.07) is 9.06. The third-order valence-electron chi connectivity index (χ3n) is 3.55. The van der Waals surface area contributed by atoms with E-state index < -0.39 is 5.97 Å². The molecular formula is C17H15NO5. The lowest BCUT2D eigenvalue weighted by Gasteiger charge is -2.10. The molecule has 1 heterocycles. The lowest BCUT2D eigenvalue weighted by molar-refractivity contribution is -0.140. The number of oxime groups is 1. The molecule has 0 aliphatic carbocycles.